The van der Waals surface area contributed by atoms with Crippen LogP contribution >= 0.6 is 0 Å². The van der Waals surface area contributed by atoms with Crippen molar-refractivity contribution in [1.29, 1.82) is 0 Å². The summed E-state index contributed by atoms with van der Waals surface area (Å²) in [5.41, 5.74) is 0. The minimum absolute atomic E-state index is 0.528. The molecule has 0 bridgehead atoms. The van der Waals surface area contributed by atoms with Crippen molar-refractivity contribution in [2.75, 3.05) is 0 Å². The first-order chi connectivity index (χ1) is 5.71. The number of rotatable bonds is 2. The molecule has 1 aliphatic carbocycles. The average Bonchev–Trinajstić information content (AvgIpc) is 2.28. The van der Waals surface area contributed by atoms with Crippen LogP contribution in [0.1, 0.15) is 0 Å². The molecular weight excluding hydrogens is 355 g/mol. The molecule has 0 nitrogen and oxygen atoms in total. The second-order valence-corrected chi connectivity index (χ2v) is 23.6. The van der Waals surface area contributed by atoms with E-state index in [1.807, 2.05) is 0 Å². The Morgan fingerprint density at radius 3 is 1.46 bits per heavy atom. The van der Waals surface area contributed by atoms with Crippen LogP contribution in [0.3, 0.4) is 0 Å². The normalized spacial score (nSPS) is 22.3. The van der Waals surface area contributed by atoms with Crippen molar-refractivity contribution in [2.45, 2.75) is 39.0 Å². The van der Waals surface area contributed by atoms with Crippen molar-refractivity contribution < 1.29 is 16.1 Å². The Balaban J connectivity index is 3.19. The molecule has 0 radical (unpaired) electrons. The standard InChI is InChI=1S/C8H13Si.3CH3.Pt/c1-9(2,3)8-6-4-5-7-8;;;;/h4-7H,1-3H3;3*1H3;. The quantitative estimate of drug-likeness (QED) is 0.624. The first kappa shape index (κ1) is 11.5. The third kappa shape index (κ3) is 1.78. The van der Waals surface area contributed by atoms with Gasteiger partial charge in [0.2, 0.25) is 0 Å². The summed E-state index contributed by atoms with van der Waals surface area (Å²) in [6.07, 6.45) is 9.51. The van der Waals surface area contributed by atoms with Gasteiger partial charge in [0.05, 0.1) is 0 Å². The summed E-state index contributed by atoms with van der Waals surface area (Å²) in [5.74, 6) is 0. The Morgan fingerprint density at radius 2 is 1.31 bits per heavy atom. The monoisotopic (exact) mass is 377 g/mol. The van der Waals surface area contributed by atoms with E-state index in [0.29, 0.717) is 3.43 Å². The van der Waals surface area contributed by atoms with E-state index in [0.717, 1.165) is 0 Å². The van der Waals surface area contributed by atoms with Crippen LogP contribution in [0.2, 0.25) is 39.0 Å². The molecule has 13 heavy (non-hydrogen) atoms. The second-order valence-electron chi connectivity index (χ2n) is 5.11. The van der Waals surface area contributed by atoms with Gasteiger partial charge in [-0.05, 0) is 0 Å². The Hall–Kier alpha value is 0.385. The van der Waals surface area contributed by atoms with E-state index >= 15 is 0 Å². The van der Waals surface area contributed by atoms with Gasteiger partial charge in [-0.3, -0.25) is 0 Å². The summed E-state index contributed by atoms with van der Waals surface area (Å²) < 4.78 is 0.528. The van der Waals surface area contributed by atoms with Crippen LogP contribution in [-0.4, -0.2) is 8.07 Å². The Morgan fingerprint density at radius 1 is 0.923 bits per heavy atom. The fourth-order valence-corrected chi connectivity index (χ4v) is 22.6. The number of allylic oxidation sites excluding steroid dienone is 4. The molecule has 0 unspecified atom stereocenters. The van der Waals surface area contributed by atoms with Gasteiger partial charge in [-0.1, -0.05) is 0 Å². The third-order valence-electron chi connectivity index (χ3n) is 2.66. The maximum absolute atomic E-state index is 2.53. The molecule has 2 heteroatoms. The molecule has 0 N–H and O–H groups in total. The Bertz CT molecular complexity index is 222. The van der Waals surface area contributed by atoms with E-state index in [2.05, 4.69) is 59.9 Å². The van der Waals surface area contributed by atoms with Crippen LogP contribution in [0, 0.1) is 0 Å². The predicted molar refractivity (Wildman–Crippen MR) is 61.9 cm³/mol. The topological polar surface area (TPSA) is 0 Å². The third-order valence-corrected chi connectivity index (χ3v) is 20.6. The molecule has 0 amide bonds. The number of hydrogen-bond donors (Lipinski definition) is 0. The SMILES string of the molecule is C[Si](C)(C)[C]1([Pt]([CH3])([CH3])[CH3])C=CC=C1. The van der Waals surface area contributed by atoms with Gasteiger partial charge in [0, 0.05) is 0 Å². The van der Waals surface area contributed by atoms with Crippen molar-refractivity contribution in [3.63, 3.8) is 0 Å². The summed E-state index contributed by atoms with van der Waals surface area (Å²) in [7, 11) is -1.10. The van der Waals surface area contributed by atoms with Crippen LogP contribution in [0.4, 0.5) is 0 Å². The number of hydrogen-bond acceptors (Lipinski definition) is 0. The molecule has 0 fully saturated rings. The molecule has 0 aromatic carbocycles. The Kier molecular flexibility index (Phi) is 2.82. The molecule has 0 aliphatic heterocycles. The molecule has 1 aliphatic rings. The molecule has 0 saturated carbocycles. The summed E-state index contributed by atoms with van der Waals surface area (Å²) >= 11 is -1.56. The van der Waals surface area contributed by atoms with Gasteiger partial charge >= 0.3 is 87.4 Å². The van der Waals surface area contributed by atoms with Gasteiger partial charge in [-0.2, -0.15) is 0 Å². The van der Waals surface area contributed by atoms with Crippen molar-refractivity contribution in [3.8, 4) is 0 Å². The van der Waals surface area contributed by atoms with E-state index < -0.39 is 24.1 Å². The van der Waals surface area contributed by atoms with Gasteiger partial charge in [-0.15, -0.1) is 0 Å². The van der Waals surface area contributed by atoms with E-state index in [1.165, 1.54) is 0 Å². The summed E-state index contributed by atoms with van der Waals surface area (Å²) in [6.45, 7) is 7.51. The van der Waals surface area contributed by atoms with E-state index in [1.54, 1.807) is 0 Å². The molecule has 0 atom stereocenters. The first-order valence-corrected chi connectivity index (χ1v) is 15.9. The van der Waals surface area contributed by atoms with Gasteiger partial charge in [0.25, 0.3) is 0 Å². The van der Waals surface area contributed by atoms with Gasteiger partial charge in [-0.25, -0.2) is 0 Å². The average molecular weight is 377 g/mol. The molecule has 0 aromatic rings. The van der Waals surface area contributed by atoms with Crippen molar-refractivity contribution in [3.05, 3.63) is 24.3 Å². The fourth-order valence-electron chi connectivity index (χ4n) is 1.96. The zero-order valence-corrected chi connectivity index (χ0v) is 12.9. The summed E-state index contributed by atoms with van der Waals surface area (Å²) in [6, 6.07) is 0. The van der Waals surface area contributed by atoms with Crippen molar-refractivity contribution in [1.82, 2.24) is 0 Å². The van der Waals surface area contributed by atoms with Crippen molar-refractivity contribution in [2.24, 2.45) is 0 Å². The maximum atomic E-state index is 2.53. The summed E-state index contributed by atoms with van der Waals surface area (Å²) in [4.78, 5) is 0. The van der Waals surface area contributed by atoms with Crippen LogP contribution in [0.25, 0.3) is 0 Å². The Labute approximate surface area is 87.3 Å². The molecule has 80 valence electrons. The molecule has 0 aromatic heterocycles. The molecule has 0 heterocycles. The van der Waals surface area contributed by atoms with Gasteiger partial charge in [0.1, 0.15) is 0 Å². The predicted octanol–water partition coefficient (Wildman–Crippen LogP) is 4.45. The van der Waals surface area contributed by atoms with Gasteiger partial charge in [0.15, 0.2) is 0 Å². The van der Waals surface area contributed by atoms with Crippen LogP contribution in [-0.2, 0) is 16.1 Å². The molecular formula is C11H22PtSi. The minimum atomic E-state index is -1.56. The van der Waals surface area contributed by atoms with Crippen LogP contribution in [0.15, 0.2) is 24.3 Å². The molecule has 1 rings (SSSR count). The second kappa shape index (κ2) is 3.20. The van der Waals surface area contributed by atoms with Gasteiger partial charge < -0.3 is 0 Å². The summed E-state index contributed by atoms with van der Waals surface area (Å²) in [5, 5.41) is 7.60. The zero-order valence-electron chi connectivity index (χ0n) is 9.63. The van der Waals surface area contributed by atoms with E-state index in [4.69, 9.17) is 0 Å². The van der Waals surface area contributed by atoms with Crippen LogP contribution in [0.5, 0.6) is 0 Å². The molecule has 0 spiro atoms. The fraction of sp³-hybridized carbons (Fsp3) is 0.636. The van der Waals surface area contributed by atoms with E-state index in [-0.39, 0.29) is 0 Å². The zero-order chi connectivity index (χ0) is 10.3. The first-order valence-electron chi connectivity index (χ1n) is 4.43. The van der Waals surface area contributed by atoms with E-state index in [9.17, 15) is 0 Å². The van der Waals surface area contributed by atoms with Crippen LogP contribution < -0.4 is 0 Å². The van der Waals surface area contributed by atoms with Crippen molar-refractivity contribution >= 4 is 8.07 Å². The molecule has 0 saturated heterocycles.